The molecule has 0 fully saturated rings. The fraction of sp³-hybridized carbons (Fsp3) is 0.0769. The summed E-state index contributed by atoms with van der Waals surface area (Å²) in [6.07, 6.45) is 1.29. The van der Waals surface area contributed by atoms with E-state index in [-0.39, 0.29) is 28.6 Å². The van der Waals surface area contributed by atoms with Gasteiger partial charge in [-0.05, 0) is 12.1 Å². The van der Waals surface area contributed by atoms with Gasteiger partial charge in [0.05, 0.1) is 23.7 Å². The van der Waals surface area contributed by atoms with Gasteiger partial charge in [0.15, 0.2) is 11.5 Å². The van der Waals surface area contributed by atoms with E-state index in [1.165, 1.54) is 43.6 Å². The third kappa shape index (κ3) is 3.24. The third-order valence-corrected chi connectivity index (χ3v) is 2.55. The largest absolute Gasteiger partial charge is 0.493 e. The Morgan fingerprint density at radius 2 is 2.05 bits per heavy atom. The van der Waals surface area contributed by atoms with Crippen LogP contribution in [0.1, 0.15) is 10.4 Å². The lowest BCUT2D eigenvalue weighted by Crippen LogP contribution is -1.98. The molecule has 1 aromatic heterocycles. The van der Waals surface area contributed by atoms with Crippen LogP contribution in [-0.2, 0) is 0 Å². The number of rotatable bonds is 5. The van der Waals surface area contributed by atoms with Crippen LogP contribution in [0.4, 0.5) is 5.69 Å². The smallest absolute Gasteiger partial charge is 0.335 e. The highest BCUT2D eigenvalue weighted by atomic mass is 16.6. The van der Waals surface area contributed by atoms with E-state index in [1.54, 1.807) is 0 Å². The van der Waals surface area contributed by atoms with Crippen molar-refractivity contribution in [2.75, 3.05) is 7.11 Å². The predicted octanol–water partition coefficient (Wildman–Crippen LogP) is 2.49. The Bertz CT molecular complexity index is 701. The quantitative estimate of drug-likeness (QED) is 0.664. The molecule has 8 heteroatoms. The van der Waals surface area contributed by atoms with E-state index >= 15 is 0 Å². The second kappa shape index (κ2) is 5.87. The molecule has 0 radical (unpaired) electrons. The minimum atomic E-state index is -1.11. The van der Waals surface area contributed by atoms with E-state index in [4.69, 9.17) is 14.6 Å². The number of pyridine rings is 1. The van der Waals surface area contributed by atoms with Crippen molar-refractivity contribution in [3.05, 3.63) is 52.2 Å². The van der Waals surface area contributed by atoms with Crippen LogP contribution in [0.25, 0.3) is 0 Å². The maximum Gasteiger partial charge on any atom is 0.335 e. The van der Waals surface area contributed by atoms with Gasteiger partial charge in [0.2, 0.25) is 5.88 Å². The molecule has 0 saturated heterocycles. The Kier molecular flexibility index (Phi) is 3.98. The fourth-order valence-electron chi connectivity index (χ4n) is 1.57. The number of carbonyl (C=O) groups is 1. The number of ether oxygens (including phenoxy) is 2. The fourth-order valence-corrected chi connectivity index (χ4v) is 1.57. The summed E-state index contributed by atoms with van der Waals surface area (Å²) in [5.74, 6) is -0.732. The number of aromatic nitrogens is 1. The van der Waals surface area contributed by atoms with Crippen molar-refractivity contribution in [2.45, 2.75) is 0 Å². The summed E-state index contributed by atoms with van der Waals surface area (Å²) in [5, 5.41) is 19.6. The van der Waals surface area contributed by atoms with Crippen molar-refractivity contribution in [2.24, 2.45) is 0 Å². The highest BCUT2D eigenvalue weighted by Crippen LogP contribution is 2.33. The molecule has 1 aromatic carbocycles. The van der Waals surface area contributed by atoms with Crippen LogP contribution in [0.5, 0.6) is 17.4 Å². The minimum absolute atomic E-state index is 0.0147. The van der Waals surface area contributed by atoms with Gasteiger partial charge in [-0.25, -0.2) is 9.78 Å². The number of nitrogens with zero attached hydrogens (tertiary/aromatic N) is 2. The summed E-state index contributed by atoms with van der Waals surface area (Å²) in [4.78, 5) is 24.9. The Morgan fingerprint density at radius 3 is 2.67 bits per heavy atom. The van der Waals surface area contributed by atoms with Crippen molar-refractivity contribution >= 4 is 11.7 Å². The van der Waals surface area contributed by atoms with E-state index in [0.29, 0.717) is 0 Å². The second-order valence-electron chi connectivity index (χ2n) is 3.88. The molecule has 0 atom stereocenters. The molecule has 0 saturated carbocycles. The number of hydrogen-bond acceptors (Lipinski definition) is 6. The summed E-state index contributed by atoms with van der Waals surface area (Å²) < 4.78 is 10.4. The molecule has 21 heavy (non-hydrogen) atoms. The zero-order chi connectivity index (χ0) is 15.4. The SMILES string of the molecule is COc1cc([N+](=O)[O-])ccc1Oc1cc(C(=O)O)ccn1. The van der Waals surface area contributed by atoms with E-state index in [2.05, 4.69) is 4.98 Å². The average molecular weight is 290 g/mol. The minimum Gasteiger partial charge on any atom is -0.493 e. The molecule has 0 unspecified atom stereocenters. The van der Waals surface area contributed by atoms with Gasteiger partial charge in [0.1, 0.15) is 0 Å². The van der Waals surface area contributed by atoms with Gasteiger partial charge >= 0.3 is 5.97 Å². The van der Waals surface area contributed by atoms with Crippen LogP contribution >= 0.6 is 0 Å². The Balaban J connectivity index is 2.33. The molecule has 0 aliphatic heterocycles. The summed E-state index contributed by atoms with van der Waals surface area (Å²) in [6, 6.07) is 6.37. The van der Waals surface area contributed by atoms with Gasteiger partial charge in [-0.15, -0.1) is 0 Å². The highest BCUT2D eigenvalue weighted by molar-refractivity contribution is 5.87. The maximum absolute atomic E-state index is 10.9. The molecule has 0 bridgehead atoms. The summed E-state index contributed by atoms with van der Waals surface area (Å²) in [5.41, 5.74) is -0.132. The predicted molar refractivity (Wildman–Crippen MR) is 70.9 cm³/mol. The van der Waals surface area contributed by atoms with Crippen molar-refractivity contribution in [3.8, 4) is 17.4 Å². The first-order valence-corrected chi connectivity index (χ1v) is 5.71. The van der Waals surface area contributed by atoms with Crippen LogP contribution in [0.2, 0.25) is 0 Å². The molecule has 1 heterocycles. The number of hydrogen-bond donors (Lipinski definition) is 1. The van der Waals surface area contributed by atoms with Crippen molar-refractivity contribution in [1.82, 2.24) is 4.98 Å². The molecule has 2 rings (SSSR count). The van der Waals surface area contributed by atoms with E-state index in [9.17, 15) is 14.9 Å². The first-order valence-electron chi connectivity index (χ1n) is 5.71. The molecule has 0 aliphatic rings. The van der Waals surface area contributed by atoms with Crippen molar-refractivity contribution < 1.29 is 24.3 Å². The topological polar surface area (TPSA) is 112 Å². The number of nitro benzene ring substituents is 1. The number of aromatic carboxylic acids is 1. The first kappa shape index (κ1) is 14.3. The van der Waals surface area contributed by atoms with E-state index < -0.39 is 10.9 Å². The Labute approximate surface area is 118 Å². The van der Waals surface area contributed by atoms with Crippen LogP contribution in [0, 0.1) is 10.1 Å². The third-order valence-electron chi connectivity index (χ3n) is 2.55. The molecule has 108 valence electrons. The zero-order valence-electron chi connectivity index (χ0n) is 10.8. The van der Waals surface area contributed by atoms with Crippen LogP contribution < -0.4 is 9.47 Å². The summed E-state index contributed by atoms with van der Waals surface area (Å²) >= 11 is 0. The standard InChI is InChI=1S/C13H10N2O6/c1-20-11-7-9(15(18)19)2-3-10(11)21-12-6-8(13(16)17)4-5-14-12/h2-7H,1H3,(H,16,17). The number of nitro groups is 1. The lowest BCUT2D eigenvalue weighted by molar-refractivity contribution is -0.384. The number of carboxylic acid groups (broad SMARTS) is 1. The number of carboxylic acids is 1. The molecule has 1 N–H and O–H groups in total. The lowest BCUT2D eigenvalue weighted by atomic mass is 10.2. The Hall–Kier alpha value is -3.16. The first-order chi connectivity index (χ1) is 10.0. The van der Waals surface area contributed by atoms with Gasteiger partial charge in [-0.3, -0.25) is 10.1 Å². The number of benzene rings is 1. The van der Waals surface area contributed by atoms with Gasteiger partial charge in [0.25, 0.3) is 5.69 Å². The monoisotopic (exact) mass is 290 g/mol. The van der Waals surface area contributed by atoms with Gasteiger partial charge < -0.3 is 14.6 Å². The van der Waals surface area contributed by atoms with Crippen LogP contribution in [0.15, 0.2) is 36.5 Å². The molecule has 2 aromatic rings. The summed E-state index contributed by atoms with van der Waals surface area (Å²) in [6.45, 7) is 0. The van der Waals surface area contributed by atoms with Gasteiger partial charge in [-0.2, -0.15) is 0 Å². The average Bonchev–Trinajstić information content (AvgIpc) is 2.47. The Morgan fingerprint density at radius 1 is 1.29 bits per heavy atom. The van der Waals surface area contributed by atoms with Crippen molar-refractivity contribution in [1.29, 1.82) is 0 Å². The zero-order valence-corrected chi connectivity index (χ0v) is 10.8. The van der Waals surface area contributed by atoms with Crippen LogP contribution in [-0.4, -0.2) is 28.1 Å². The van der Waals surface area contributed by atoms with E-state index in [0.717, 1.165) is 0 Å². The molecular formula is C13H10N2O6. The normalized spacial score (nSPS) is 9.95. The second-order valence-corrected chi connectivity index (χ2v) is 3.88. The highest BCUT2D eigenvalue weighted by Gasteiger charge is 2.14. The maximum atomic E-state index is 10.9. The van der Waals surface area contributed by atoms with Crippen molar-refractivity contribution in [3.63, 3.8) is 0 Å². The number of methoxy groups -OCH3 is 1. The molecule has 0 spiro atoms. The molecular weight excluding hydrogens is 280 g/mol. The summed E-state index contributed by atoms with van der Waals surface area (Å²) in [7, 11) is 1.34. The van der Waals surface area contributed by atoms with E-state index in [1.807, 2.05) is 0 Å². The molecule has 8 nitrogen and oxygen atoms in total. The number of non-ortho nitro benzene ring substituents is 1. The van der Waals surface area contributed by atoms with Crippen LogP contribution in [0.3, 0.4) is 0 Å². The molecule has 0 aliphatic carbocycles. The molecule has 0 amide bonds. The lowest BCUT2D eigenvalue weighted by Gasteiger charge is -2.09. The van der Waals surface area contributed by atoms with Gasteiger partial charge in [-0.1, -0.05) is 0 Å². The van der Waals surface area contributed by atoms with Gasteiger partial charge in [0, 0.05) is 18.3 Å².